The summed E-state index contributed by atoms with van der Waals surface area (Å²) in [5.74, 6) is -0.573. The van der Waals surface area contributed by atoms with E-state index in [1.165, 1.54) is 12.4 Å². The van der Waals surface area contributed by atoms with Gasteiger partial charge in [0.1, 0.15) is 0 Å². The molecule has 2 amide bonds. The monoisotopic (exact) mass is 404 g/mol. The van der Waals surface area contributed by atoms with Crippen molar-refractivity contribution < 1.29 is 9.59 Å². The highest BCUT2D eigenvalue weighted by Gasteiger charge is 2.04. The van der Waals surface area contributed by atoms with Crippen molar-refractivity contribution in [1.82, 2.24) is 10.9 Å². The van der Waals surface area contributed by atoms with Crippen molar-refractivity contribution in [2.45, 2.75) is 19.3 Å². The number of amides is 2. The van der Waals surface area contributed by atoms with Crippen LogP contribution < -0.4 is 10.9 Å². The molecule has 0 atom stereocenters. The minimum absolute atomic E-state index is 0.168. The number of carbonyl (C=O) groups excluding carboxylic acids is 2. The van der Waals surface area contributed by atoms with Gasteiger partial charge in [-0.3, -0.25) is 9.59 Å². The molecule has 0 fully saturated rings. The highest BCUT2D eigenvalue weighted by molar-refractivity contribution is 6.33. The molecule has 2 rings (SSSR count). The minimum Gasteiger partial charge on any atom is -0.273 e. The molecule has 140 valence electrons. The van der Waals surface area contributed by atoms with Crippen LogP contribution in [0.2, 0.25) is 10.0 Å². The summed E-state index contributed by atoms with van der Waals surface area (Å²) in [6.45, 7) is 0. The van der Waals surface area contributed by atoms with E-state index in [1.807, 2.05) is 24.3 Å². The van der Waals surface area contributed by atoms with Crippen LogP contribution in [-0.2, 0) is 9.59 Å². The lowest BCUT2D eigenvalue weighted by Gasteiger charge is -2.01. The van der Waals surface area contributed by atoms with E-state index in [0.717, 1.165) is 0 Å². The van der Waals surface area contributed by atoms with E-state index in [2.05, 4.69) is 21.1 Å². The Morgan fingerprint density at radius 2 is 1.19 bits per heavy atom. The third-order valence-corrected chi connectivity index (χ3v) is 4.09. The quantitative estimate of drug-likeness (QED) is 0.518. The normalized spacial score (nSPS) is 11.0. The minimum atomic E-state index is -0.286. The number of benzene rings is 2. The van der Waals surface area contributed by atoms with Crippen LogP contribution in [0.25, 0.3) is 0 Å². The molecular formula is C19H18Cl2N4O2. The van der Waals surface area contributed by atoms with Crippen LogP contribution in [0.1, 0.15) is 30.4 Å². The molecule has 0 aliphatic heterocycles. The zero-order chi connectivity index (χ0) is 19.5. The Morgan fingerprint density at radius 1 is 0.778 bits per heavy atom. The first-order valence-electron chi connectivity index (χ1n) is 8.19. The summed E-state index contributed by atoms with van der Waals surface area (Å²) in [4.78, 5) is 23.4. The molecule has 2 N–H and O–H groups in total. The summed E-state index contributed by atoms with van der Waals surface area (Å²) in [6, 6.07) is 14.3. The Balaban J connectivity index is 1.65. The molecule has 0 aromatic heterocycles. The van der Waals surface area contributed by atoms with Crippen molar-refractivity contribution in [2.75, 3.05) is 0 Å². The third kappa shape index (κ3) is 7.60. The molecule has 0 unspecified atom stereocenters. The average molecular weight is 405 g/mol. The van der Waals surface area contributed by atoms with Crippen LogP contribution in [-0.4, -0.2) is 24.2 Å². The van der Waals surface area contributed by atoms with E-state index in [0.29, 0.717) is 27.6 Å². The standard InChI is InChI=1S/C19H18Cl2N4O2/c20-16-8-3-1-6-14(16)12-22-24-18(26)10-5-11-19(27)25-23-13-15-7-2-4-9-17(15)21/h1-4,6-9,12-13H,5,10-11H2,(H,24,26)(H,25,27)/b22-12+,23-13+. The fourth-order valence-corrected chi connectivity index (χ4v) is 2.40. The number of hydrogen-bond acceptors (Lipinski definition) is 4. The number of hydrogen-bond donors (Lipinski definition) is 2. The van der Waals surface area contributed by atoms with Gasteiger partial charge in [-0.2, -0.15) is 10.2 Å². The first kappa shape index (κ1) is 20.6. The third-order valence-electron chi connectivity index (χ3n) is 3.40. The van der Waals surface area contributed by atoms with Crippen LogP contribution in [0.3, 0.4) is 0 Å². The molecule has 0 aliphatic carbocycles. The molecule has 0 bridgehead atoms. The van der Waals surface area contributed by atoms with Gasteiger partial charge in [0.2, 0.25) is 11.8 Å². The van der Waals surface area contributed by atoms with E-state index in [-0.39, 0.29) is 24.7 Å². The number of rotatable bonds is 8. The molecule has 2 aromatic carbocycles. The summed E-state index contributed by atoms with van der Waals surface area (Å²) < 4.78 is 0. The molecule has 0 heterocycles. The van der Waals surface area contributed by atoms with Crippen molar-refractivity contribution >= 4 is 47.4 Å². The van der Waals surface area contributed by atoms with Crippen molar-refractivity contribution in [1.29, 1.82) is 0 Å². The lowest BCUT2D eigenvalue weighted by Crippen LogP contribution is -2.20. The molecule has 0 radical (unpaired) electrons. The van der Waals surface area contributed by atoms with Crippen molar-refractivity contribution in [3.63, 3.8) is 0 Å². The van der Waals surface area contributed by atoms with Gasteiger partial charge in [0.25, 0.3) is 0 Å². The summed E-state index contributed by atoms with van der Waals surface area (Å²) in [6.07, 6.45) is 3.65. The van der Waals surface area contributed by atoms with Gasteiger partial charge in [-0.25, -0.2) is 10.9 Å². The molecule has 0 spiro atoms. The lowest BCUT2D eigenvalue weighted by atomic mass is 10.2. The maximum absolute atomic E-state index is 11.7. The predicted octanol–water partition coefficient (Wildman–Crippen LogP) is 3.76. The highest BCUT2D eigenvalue weighted by Crippen LogP contribution is 2.12. The second kappa shape index (κ2) is 11.1. The summed E-state index contributed by atoms with van der Waals surface area (Å²) >= 11 is 12.0. The van der Waals surface area contributed by atoms with Gasteiger partial charge >= 0.3 is 0 Å². The van der Waals surface area contributed by atoms with E-state index in [4.69, 9.17) is 23.2 Å². The van der Waals surface area contributed by atoms with Crippen LogP contribution in [0.5, 0.6) is 0 Å². The van der Waals surface area contributed by atoms with Crippen LogP contribution in [0, 0.1) is 0 Å². The number of carbonyl (C=O) groups is 2. The van der Waals surface area contributed by atoms with Crippen LogP contribution in [0.15, 0.2) is 58.7 Å². The van der Waals surface area contributed by atoms with Crippen molar-refractivity contribution in [2.24, 2.45) is 10.2 Å². The molecule has 0 saturated carbocycles. The van der Waals surface area contributed by atoms with E-state index in [9.17, 15) is 9.59 Å². The van der Waals surface area contributed by atoms with E-state index < -0.39 is 0 Å². The second-order valence-electron chi connectivity index (χ2n) is 5.48. The van der Waals surface area contributed by atoms with Gasteiger partial charge < -0.3 is 0 Å². The molecule has 0 saturated heterocycles. The number of hydrazone groups is 2. The van der Waals surface area contributed by atoms with Crippen LogP contribution >= 0.6 is 23.2 Å². The van der Waals surface area contributed by atoms with E-state index >= 15 is 0 Å². The zero-order valence-corrected chi connectivity index (χ0v) is 15.9. The Bertz CT molecular complexity index is 784. The van der Waals surface area contributed by atoms with Gasteiger partial charge in [0.15, 0.2) is 0 Å². The molecular weight excluding hydrogens is 387 g/mol. The maximum Gasteiger partial charge on any atom is 0.240 e. The molecule has 2 aromatic rings. The number of nitrogens with zero attached hydrogens (tertiary/aromatic N) is 2. The van der Waals surface area contributed by atoms with E-state index in [1.54, 1.807) is 24.3 Å². The van der Waals surface area contributed by atoms with Gasteiger partial charge in [-0.1, -0.05) is 59.6 Å². The first-order valence-corrected chi connectivity index (χ1v) is 8.94. The number of halogens is 2. The second-order valence-corrected chi connectivity index (χ2v) is 6.30. The predicted molar refractivity (Wildman–Crippen MR) is 108 cm³/mol. The molecule has 27 heavy (non-hydrogen) atoms. The fourth-order valence-electron chi connectivity index (χ4n) is 2.03. The van der Waals surface area contributed by atoms with Gasteiger partial charge in [-0.05, 0) is 18.6 Å². The SMILES string of the molecule is O=C(CCCC(=O)N/N=C/c1ccccc1Cl)N/N=C/c1ccccc1Cl. The number of nitrogens with one attached hydrogen (secondary N) is 2. The Morgan fingerprint density at radius 3 is 1.59 bits per heavy atom. The smallest absolute Gasteiger partial charge is 0.240 e. The Hall–Kier alpha value is -2.70. The maximum atomic E-state index is 11.7. The summed E-state index contributed by atoms with van der Waals surface area (Å²) in [5.41, 5.74) is 6.21. The fraction of sp³-hybridized carbons (Fsp3) is 0.158. The molecule has 0 aliphatic rings. The Kier molecular flexibility index (Phi) is 8.48. The van der Waals surface area contributed by atoms with Gasteiger partial charge in [0.05, 0.1) is 12.4 Å². The zero-order valence-electron chi connectivity index (χ0n) is 14.4. The first-order chi connectivity index (χ1) is 13.1. The van der Waals surface area contributed by atoms with Gasteiger partial charge in [-0.15, -0.1) is 0 Å². The average Bonchev–Trinajstić information content (AvgIpc) is 2.65. The topological polar surface area (TPSA) is 82.9 Å². The van der Waals surface area contributed by atoms with Crippen molar-refractivity contribution in [3.8, 4) is 0 Å². The van der Waals surface area contributed by atoms with Crippen LogP contribution in [0.4, 0.5) is 0 Å². The summed E-state index contributed by atoms with van der Waals surface area (Å²) in [5, 5.41) is 8.78. The highest BCUT2D eigenvalue weighted by atomic mass is 35.5. The lowest BCUT2D eigenvalue weighted by molar-refractivity contribution is -0.122. The summed E-state index contributed by atoms with van der Waals surface area (Å²) in [7, 11) is 0. The largest absolute Gasteiger partial charge is 0.273 e. The van der Waals surface area contributed by atoms with Crippen molar-refractivity contribution in [3.05, 3.63) is 69.7 Å². The van der Waals surface area contributed by atoms with Gasteiger partial charge in [0, 0.05) is 34.0 Å². The molecule has 6 nitrogen and oxygen atoms in total. The Labute approximate surface area is 167 Å². The molecule has 8 heteroatoms.